The van der Waals surface area contributed by atoms with Gasteiger partial charge in [0.05, 0.1) is 23.6 Å². The maximum atomic E-state index is 13.4. The number of aromatic nitrogens is 3. The molecule has 0 unspecified atom stereocenters. The van der Waals surface area contributed by atoms with Crippen molar-refractivity contribution in [2.24, 2.45) is 0 Å². The summed E-state index contributed by atoms with van der Waals surface area (Å²) in [7, 11) is -3.41. The third-order valence-electron chi connectivity index (χ3n) is 6.58. The molecule has 8 nitrogen and oxygen atoms in total. The Morgan fingerprint density at radius 1 is 1.19 bits per heavy atom. The topological polar surface area (TPSA) is 97.3 Å². The van der Waals surface area contributed by atoms with E-state index in [-0.39, 0.29) is 23.9 Å². The van der Waals surface area contributed by atoms with Crippen molar-refractivity contribution >= 4 is 15.8 Å². The minimum Gasteiger partial charge on any atom is -0.376 e. The van der Waals surface area contributed by atoms with Gasteiger partial charge in [-0.2, -0.15) is 4.31 Å². The van der Waals surface area contributed by atoms with Crippen LogP contribution < -0.4 is 5.32 Å². The van der Waals surface area contributed by atoms with Gasteiger partial charge in [0.2, 0.25) is 10.0 Å². The van der Waals surface area contributed by atoms with Gasteiger partial charge in [0.1, 0.15) is 11.6 Å². The Morgan fingerprint density at radius 3 is 2.81 bits per heavy atom. The van der Waals surface area contributed by atoms with E-state index >= 15 is 0 Å². The van der Waals surface area contributed by atoms with Crippen LogP contribution in [-0.4, -0.2) is 58.7 Å². The van der Waals surface area contributed by atoms with Crippen molar-refractivity contribution in [1.29, 1.82) is 0 Å². The Morgan fingerprint density at radius 2 is 2.03 bits per heavy atom. The maximum absolute atomic E-state index is 13.4. The first-order valence-electron chi connectivity index (χ1n) is 11.1. The molecule has 0 saturated carbocycles. The predicted molar refractivity (Wildman–Crippen MR) is 117 cm³/mol. The summed E-state index contributed by atoms with van der Waals surface area (Å²) in [6.07, 6.45) is 8.53. The third-order valence-corrected chi connectivity index (χ3v) is 8.49. The molecule has 0 spiro atoms. The van der Waals surface area contributed by atoms with Gasteiger partial charge in [-0.1, -0.05) is 0 Å². The molecule has 3 aliphatic rings. The van der Waals surface area contributed by atoms with Crippen LogP contribution >= 0.6 is 0 Å². The molecule has 5 heterocycles. The van der Waals surface area contributed by atoms with E-state index < -0.39 is 10.0 Å². The van der Waals surface area contributed by atoms with Crippen molar-refractivity contribution in [3.63, 3.8) is 0 Å². The average molecular weight is 444 g/mol. The second kappa shape index (κ2) is 8.44. The lowest BCUT2D eigenvalue weighted by Crippen LogP contribution is -2.44. The van der Waals surface area contributed by atoms with Crippen molar-refractivity contribution in [3.8, 4) is 0 Å². The van der Waals surface area contributed by atoms with E-state index in [9.17, 15) is 8.42 Å². The van der Waals surface area contributed by atoms with Gasteiger partial charge in [0, 0.05) is 43.6 Å². The molecule has 0 amide bonds. The van der Waals surface area contributed by atoms with Gasteiger partial charge in [-0.15, -0.1) is 0 Å². The molecular formula is C22H29N5O3S. The molecule has 2 bridgehead atoms. The fourth-order valence-corrected chi connectivity index (χ4v) is 7.10. The highest BCUT2D eigenvalue weighted by atomic mass is 32.2. The average Bonchev–Trinajstić information content (AvgIpc) is 3.39. The van der Waals surface area contributed by atoms with Crippen LogP contribution in [-0.2, 0) is 27.6 Å². The predicted octanol–water partition coefficient (Wildman–Crippen LogP) is 2.41. The number of nitrogens with zero attached hydrogens (tertiary/aromatic N) is 4. The van der Waals surface area contributed by atoms with Crippen LogP contribution in [0.1, 0.15) is 54.4 Å². The summed E-state index contributed by atoms with van der Waals surface area (Å²) in [5, 5.41) is 3.46. The molecule has 9 heteroatoms. The van der Waals surface area contributed by atoms with Gasteiger partial charge in [-0.05, 0) is 56.7 Å². The highest BCUT2D eigenvalue weighted by molar-refractivity contribution is 7.89. The number of nitrogens with one attached hydrogen (secondary N) is 1. The number of pyridine rings is 1. The van der Waals surface area contributed by atoms with Crippen LogP contribution in [0.4, 0.5) is 5.82 Å². The van der Waals surface area contributed by atoms with Crippen LogP contribution in [0.5, 0.6) is 0 Å². The fourth-order valence-electron chi connectivity index (χ4n) is 5.16. The van der Waals surface area contributed by atoms with Gasteiger partial charge in [-0.3, -0.25) is 4.98 Å². The van der Waals surface area contributed by atoms with Gasteiger partial charge < -0.3 is 10.1 Å². The molecule has 0 aromatic carbocycles. The van der Waals surface area contributed by atoms with Crippen molar-refractivity contribution < 1.29 is 13.2 Å². The van der Waals surface area contributed by atoms with Crippen molar-refractivity contribution in [2.75, 3.05) is 24.2 Å². The first kappa shape index (κ1) is 20.8. The summed E-state index contributed by atoms with van der Waals surface area (Å²) in [5.74, 6) is 1.60. The summed E-state index contributed by atoms with van der Waals surface area (Å²) >= 11 is 0. The zero-order chi connectivity index (χ0) is 21.4. The standard InChI is InChI=1S/C22H29N5O3S/c1-15-25-19-13-17-4-5-20(21(19)22(26-15)24-14-18-3-2-11-30-18)27(17)31(28,29)12-8-16-6-9-23-10-7-16/h6-7,9-10,17-18,20H,2-5,8,11-14H2,1H3,(H,24,25,26)/t17-,18+,20+/m0/s1. The molecule has 3 atom stereocenters. The molecule has 0 radical (unpaired) electrons. The Kier molecular flexibility index (Phi) is 5.66. The third kappa shape index (κ3) is 4.18. The van der Waals surface area contributed by atoms with Gasteiger partial charge in [0.15, 0.2) is 0 Å². The van der Waals surface area contributed by atoms with E-state index in [1.165, 1.54) is 0 Å². The van der Waals surface area contributed by atoms with Gasteiger partial charge in [0.25, 0.3) is 0 Å². The quantitative estimate of drug-likeness (QED) is 0.702. The van der Waals surface area contributed by atoms with E-state index in [0.29, 0.717) is 19.4 Å². The molecular weight excluding hydrogens is 414 g/mol. The van der Waals surface area contributed by atoms with Crippen molar-refractivity contribution in [1.82, 2.24) is 19.3 Å². The van der Waals surface area contributed by atoms with Gasteiger partial charge in [-0.25, -0.2) is 18.4 Å². The fraction of sp³-hybridized carbons (Fsp3) is 0.591. The van der Waals surface area contributed by atoms with Crippen molar-refractivity contribution in [2.45, 2.75) is 63.6 Å². The molecule has 5 rings (SSSR count). The zero-order valence-electron chi connectivity index (χ0n) is 17.8. The number of hydrogen-bond donors (Lipinski definition) is 1. The van der Waals surface area contributed by atoms with Crippen molar-refractivity contribution in [3.05, 3.63) is 47.2 Å². The van der Waals surface area contributed by atoms with E-state index in [2.05, 4.69) is 15.3 Å². The second-order valence-corrected chi connectivity index (χ2v) is 10.7. The summed E-state index contributed by atoms with van der Waals surface area (Å²) < 4.78 is 34.3. The Balaban J connectivity index is 1.40. The normalized spacial score (nSPS) is 25.5. The Hall–Kier alpha value is -2.10. The summed E-state index contributed by atoms with van der Waals surface area (Å²) in [6.45, 7) is 3.40. The number of hydrogen-bond acceptors (Lipinski definition) is 7. The summed E-state index contributed by atoms with van der Waals surface area (Å²) in [5.41, 5.74) is 2.95. The second-order valence-electron chi connectivity index (χ2n) is 8.70. The van der Waals surface area contributed by atoms with E-state index in [4.69, 9.17) is 9.72 Å². The molecule has 1 N–H and O–H groups in total. The Labute approximate surface area is 183 Å². The lowest BCUT2D eigenvalue weighted by Gasteiger charge is -2.35. The summed E-state index contributed by atoms with van der Waals surface area (Å²) in [6, 6.07) is 3.54. The molecule has 31 heavy (non-hydrogen) atoms. The molecule has 3 aliphatic heterocycles. The summed E-state index contributed by atoms with van der Waals surface area (Å²) in [4.78, 5) is 13.4. The largest absolute Gasteiger partial charge is 0.376 e. The number of fused-ring (bicyclic) bond motifs is 4. The molecule has 2 saturated heterocycles. The van der Waals surface area contributed by atoms with E-state index in [0.717, 1.165) is 60.8 Å². The van der Waals surface area contributed by atoms with Gasteiger partial charge >= 0.3 is 0 Å². The zero-order valence-corrected chi connectivity index (χ0v) is 18.6. The molecule has 0 aliphatic carbocycles. The first-order valence-corrected chi connectivity index (χ1v) is 12.7. The number of sulfonamides is 1. The lowest BCUT2D eigenvalue weighted by molar-refractivity contribution is 0.120. The first-order chi connectivity index (χ1) is 15.0. The van der Waals surface area contributed by atoms with Crippen LogP contribution in [0.15, 0.2) is 24.5 Å². The Bertz CT molecular complexity index is 1040. The van der Waals surface area contributed by atoms with Crippen LogP contribution in [0.2, 0.25) is 0 Å². The number of rotatable bonds is 7. The maximum Gasteiger partial charge on any atom is 0.215 e. The SMILES string of the molecule is Cc1nc2c(c(NC[C@H]3CCCO3)n1)[C@H]1CC[C@@H](C2)N1S(=O)(=O)CCc1ccncc1. The monoisotopic (exact) mass is 443 g/mol. The smallest absolute Gasteiger partial charge is 0.215 e. The minimum atomic E-state index is -3.41. The number of anilines is 1. The van der Waals surface area contributed by atoms with Crippen LogP contribution in [0.3, 0.4) is 0 Å². The highest BCUT2D eigenvalue weighted by Gasteiger charge is 2.48. The van der Waals surface area contributed by atoms with E-state index in [1.54, 1.807) is 16.7 Å². The number of aryl methyl sites for hydroxylation is 2. The highest BCUT2D eigenvalue weighted by Crippen LogP contribution is 2.47. The molecule has 166 valence electrons. The van der Waals surface area contributed by atoms with E-state index in [1.807, 2.05) is 19.1 Å². The molecule has 2 aromatic rings. The minimum absolute atomic E-state index is 0.0137. The lowest BCUT2D eigenvalue weighted by atomic mass is 10.00. The van der Waals surface area contributed by atoms with Crippen LogP contribution in [0, 0.1) is 6.92 Å². The van der Waals surface area contributed by atoms with Crippen LogP contribution in [0.25, 0.3) is 0 Å². The molecule has 2 aromatic heterocycles. The molecule has 2 fully saturated rings. The number of ether oxygens (including phenoxy) is 1.